The quantitative estimate of drug-likeness (QED) is 0.784. The standard InChI is InChI=1S/C10H11N5O2S2/c1-15-8(4-6-13-15)14-19(16,17)7-3-2-5-12-9(7)10(11)18/h2-6,14H,1H3,(H2,11,18). The van der Waals surface area contributed by atoms with Crippen molar-refractivity contribution in [3.8, 4) is 0 Å². The molecule has 0 aliphatic rings. The van der Waals surface area contributed by atoms with E-state index in [-0.39, 0.29) is 15.6 Å². The first kappa shape index (κ1) is 13.4. The van der Waals surface area contributed by atoms with Gasteiger partial charge in [0.2, 0.25) is 0 Å². The largest absolute Gasteiger partial charge is 0.388 e. The molecule has 0 bridgehead atoms. The predicted molar refractivity (Wildman–Crippen MR) is 74.1 cm³/mol. The lowest BCUT2D eigenvalue weighted by Crippen LogP contribution is -2.22. The van der Waals surface area contributed by atoms with Crippen molar-refractivity contribution in [2.24, 2.45) is 12.8 Å². The van der Waals surface area contributed by atoms with E-state index in [1.165, 1.54) is 35.3 Å². The Morgan fingerprint density at radius 2 is 2.16 bits per heavy atom. The summed E-state index contributed by atoms with van der Waals surface area (Å²) in [5.74, 6) is 0.331. The van der Waals surface area contributed by atoms with E-state index in [9.17, 15) is 8.42 Å². The summed E-state index contributed by atoms with van der Waals surface area (Å²) in [4.78, 5) is 3.74. The maximum Gasteiger partial charge on any atom is 0.265 e. The molecule has 7 nitrogen and oxygen atoms in total. The summed E-state index contributed by atoms with van der Waals surface area (Å²) in [6, 6.07) is 4.42. The number of aryl methyl sites for hydroxylation is 1. The highest BCUT2D eigenvalue weighted by molar-refractivity contribution is 7.93. The van der Waals surface area contributed by atoms with E-state index >= 15 is 0 Å². The van der Waals surface area contributed by atoms with Gasteiger partial charge in [-0.25, -0.2) is 8.42 Å². The smallest absolute Gasteiger partial charge is 0.265 e. The molecule has 2 aromatic heterocycles. The zero-order chi connectivity index (χ0) is 14.0. The maximum absolute atomic E-state index is 12.3. The minimum Gasteiger partial charge on any atom is -0.388 e. The van der Waals surface area contributed by atoms with Gasteiger partial charge in [0.25, 0.3) is 10.0 Å². The maximum atomic E-state index is 12.3. The molecule has 2 aromatic rings. The minimum atomic E-state index is -3.82. The van der Waals surface area contributed by atoms with Gasteiger partial charge in [0.05, 0.1) is 6.20 Å². The first-order valence-electron chi connectivity index (χ1n) is 5.17. The summed E-state index contributed by atoms with van der Waals surface area (Å²) in [6.07, 6.45) is 2.91. The Labute approximate surface area is 115 Å². The van der Waals surface area contributed by atoms with E-state index < -0.39 is 10.0 Å². The molecule has 0 saturated heterocycles. The van der Waals surface area contributed by atoms with E-state index in [0.717, 1.165) is 0 Å². The molecule has 0 aliphatic carbocycles. The average molecular weight is 297 g/mol. The third-order valence-corrected chi connectivity index (χ3v) is 3.93. The van der Waals surface area contributed by atoms with Gasteiger partial charge in [-0.3, -0.25) is 14.4 Å². The Bertz CT molecular complexity index is 723. The molecule has 19 heavy (non-hydrogen) atoms. The molecule has 9 heteroatoms. The number of nitrogens with two attached hydrogens (primary N) is 1. The Hall–Kier alpha value is -2.00. The summed E-state index contributed by atoms with van der Waals surface area (Å²) >= 11 is 4.80. The van der Waals surface area contributed by atoms with Crippen LogP contribution in [0.25, 0.3) is 0 Å². The number of rotatable bonds is 4. The number of sulfonamides is 1. The molecule has 0 fully saturated rings. The molecular weight excluding hydrogens is 286 g/mol. The summed E-state index contributed by atoms with van der Waals surface area (Å²) in [6.45, 7) is 0. The molecule has 0 radical (unpaired) electrons. The van der Waals surface area contributed by atoms with Gasteiger partial charge < -0.3 is 5.73 Å². The summed E-state index contributed by atoms with van der Waals surface area (Å²) < 4.78 is 28.3. The second-order valence-electron chi connectivity index (χ2n) is 3.66. The Kier molecular flexibility index (Phi) is 3.49. The van der Waals surface area contributed by atoms with Crippen LogP contribution in [0.15, 0.2) is 35.5 Å². The zero-order valence-corrected chi connectivity index (χ0v) is 11.6. The third-order valence-electron chi connectivity index (χ3n) is 2.35. The second-order valence-corrected chi connectivity index (χ2v) is 5.75. The highest BCUT2D eigenvalue weighted by Gasteiger charge is 2.21. The first-order valence-corrected chi connectivity index (χ1v) is 7.06. The SMILES string of the molecule is Cn1nccc1NS(=O)(=O)c1cccnc1C(N)=S. The highest BCUT2D eigenvalue weighted by Crippen LogP contribution is 2.17. The normalized spacial score (nSPS) is 11.2. The number of nitrogens with one attached hydrogen (secondary N) is 1. The van der Waals surface area contributed by atoms with Gasteiger partial charge in [0.1, 0.15) is 21.4 Å². The van der Waals surface area contributed by atoms with Gasteiger partial charge in [-0.15, -0.1) is 0 Å². The number of hydrogen-bond acceptors (Lipinski definition) is 5. The van der Waals surface area contributed by atoms with Crippen LogP contribution in [-0.2, 0) is 17.1 Å². The van der Waals surface area contributed by atoms with Gasteiger partial charge in [-0.1, -0.05) is 12.2 Å². The van der Waals surface area contributed by atoms with Crippen LogP contribution in [0.2, 0.25) is 0 Å². The molecule has 0 unspecified atom stereocenters. The van der Waals surface area contributed by atoms with E-state index in [2.05, 4.69) is 14.8 Å². The summed E-state index contributed by atoms with van der Waals surface area (Å²) in [5, 5.41) is 3.88. The molecule has 100 valence electrons. The van der Waals surface area contributed by atoms with Gasteiger partial charge in [0, 0.05) is 19.3 Å². The van der Waals surface area contributed by atoms with Crippen LogP contribution >= 0.6 is 12.2 Å². The van der Waals surface area contributed by atoms with E-state index in [1.807, 2.05) is 0 Å². The zero-order valence-electron chi connectivity index (χ0n) is 9.94. The molecule has 0 aromatic carbocycles. The lowest BCUT2D eigenvalue weighted by molar-refractivity contribution is 0.599. The van der Waals surface area contributed by atoms with Crippen LogP contribution in [0.4, 0.5) is 5.82 Å². The van der Waals surface area contributed by atoms with Crippen molar-refractivity contribution in [3.05, 3.63) is 36.3 Å². The fourth-order valence-electron chi connectivity index (χ4n) is 1.46. The Balaban J connectivity index is 2.46. The van der Waals surface area contributed by atoms with Crippen molar-refractivity contribution in [2.45, 2.75) is 4.90 Å². The topological polar surface area (TPSA) is 103 Å². The van der Waals surface area contributed by atoms with Crippen molar-refractivity contribution >= 4 is 33.0 Å². The van der Waals surface area contributed by atoms with Gasteiger partial charge in [0.15, 0.2) is 0 Å². The number of aromatic nitrogens is 3. The average Bonchev–Trinajstić information content (AvgIpc) is 2.74. The molecule has 2 rings (SSSR count). The number of hydrogen-bond donors (Lipinski definition) is 2. The molecule has 2 heterocycles. The molecule has 0 saturated carbocycles. The highest BCUT2D eigenvalue weighted by atomic mass is 32.2. The van der Waals surface area contributed by atoms with Crippen molar-refractivity contribution < 1.29 is 8.42 Å². The minimum absolute atomic E-state index is 0.0622. The number of anilines is 1. The van der Waals surface area contributed by atoms with Crippen LogP contribution in [0.3, 0.4) is 0 Å². The molecule has 0 spiro atoms. The van der Waals surface area contributed by atoms with Crippen LogP contribution in [0.5, 0.6) is 0 Å². The van der Waals surface area contributed by atoms with Gasteiger partial charge >= 0.3 is 0 Å². The van der Waals surface area contributed by atoms with Crippen LogP contribution in [0.1, 0.15) is 5.69 Å². The lowest BCUT2D eigenvalue weighted by atomic mass is 10.3. The molecule has 3 N–H and O–H groups in total. The molecule has 0 atom stereocenters. The summed E-state index contributed by atoms with van der Waals surface area (Å²) in [7, 11) is -2.20. The van der Waals surface area contributed by atoms with E-state index in [0.29, 0.717) is 5.82 Å². The fourth-order valence-corrected chi connectivity index (χ4v) is 2.95. The summed E-state index contributed by atoms with van der Waals surface area (Å²) in [5.41, 5.74) is 5.54. The van der Waals surface area contributed by atoms with Crippen molar-refractivity contribution in [3.63, 3.8) is 0 Å². The molecule has 0 aliphatic heterocycles. The van der Waals surface area contributed by atoms with E-state index in [1.54, 1.807) is 7.05 Å². The van der Waals surface area contributed by atoms with Crippen LogP contribution in [-0.4, -0.2) is 28.2 Å². The van der Waals surface area contributed by atoms with E-state index in [4.69, 9.17) is 18.0 Å². The van der Waals surface area contributed by atoms with Crippen molar-refractivity contribution in [2.75, 3.05) is 4.72 Å². The predicted octanol–water partition coefficient (Wildman–Crippen LogP) is 0.250. The number of nitrogens with zero attached hydrogens (tertiary/aromatic N) is 3. The number of pyridine rings is 1. The second kappa shape index (κ2) is 4.94. The van der Waals surface area contributed by atoms with Crippen LogP contribution < -0.4 is 10.5 Å². The number of thiocarbonyl (C=S) groups is 1. The van der Waals surface area contributed by atoms with Crippen molar-refractivity contribution in [1.29, 1.82) is 0 Å². The lowest BCUT2D eigenvalue weighted by Gasteiger charge is -2.10. The third kappa shape index (κ3) is 2.71. The molecular formula is C10H11N5O2S2. The van der Waals surface area contributed by atoms with Crippen molar-refractivity contribution in [1.82, 2.24) is 14.8 Å². The monoisotopic (exact) mass is 297 g/mol. The van der Waals surface area contributed by atoms with Gasteiger partial charge in [-0.05, 0) is 12.1 Å². The Morgan fingerprint density at radius 1 is 1.42 bits per heavy atom. The van der Waals surface area contributed by atoms with Gasteiger partial charge in [-0.2, -0.15) is 5.10 Å². The van der Waals surface area contributed by atoms with Crippen LogP contribution in [0, 0.1) is 0 Å². The first-order chi connectivity index (χ1) is 8.92. The molecule has 0 amide bonds. The Morgan fingerprint density at radius 3 is 2.74 bits per heavy atom. The fraction of sp³-hybridized carbons (Fsp3) is 0.100.